The zero-order valence-electron chi connectivity index (χ0n) is 10.9. The molecule has 3 rings (SSSR count). The molecular weight excluding hydrogens is 316 g/mol. The lowest BCUT2D eigenvalue weighted by atomic mass is 10.2. The Morgan fingerprint density at radius 2 is 1.75 bits per heavy atom. The van der Waals surface area contributed by atoms with Crippen molar-refractivity contribution in [3.8, 4) is 0 Å². The highest BCUT2D eigenvalue weighted by Gasteiger charge is 2.07. The zero-order valence-corrected chi connectivity index (χ0v) is 12.5. The van der Waals surface area contributed by atoms with E-state index >= 15 is 0 Å². The number of nitrogens with one attached hydrogen (secondary N) is 1. The number of halogens is 1. The number of nitrogens with two attached hydrogens (primary N) is 1. The molecule has 0 radical (unpaired) electrons. The van der Waals surface area contributed by atoms with Crippen molar-refractivity contribution in [2.45, 2.75) is 6.92 Å². The number of rotatable bonds is 2. The third-order valence-electron chi connectivity index (χ3n) is 3.05. The van der Waals surface area contributed by atoms with Crippen LogP contribution in [0.1, 0.15) is 5.56 Å². The van der Waals surface area contributed by atoms with Gasteiger partial charge in [-0.05, 0) is 36.8 Å². The van der Waals surface area contributed by atoms with Gasteiger partial charge in [0.05, 0.1) is 11.0 Å². The third kappa shape index (κ3) is 2.44. The number of benzene rings is 2. The highest BCUT2D eigenvalue weighted by Crippen LogP contribution is 2.26. The van der Waals surface area contributed by atoms with Crippen molar-refractivity contribution in [1.82, 2.24) is 9.97 Å². The van der Waals surface area contributed by atoms with E-state index < -0.39 is 0 Å². The van der Waals surface area contributed by atoms with Crippen molar-refractivity contribution in [3.63, 3.8) is 0 Å². The molecule has 0 saturated heterocycles. The van der Waals surface area contributed by atoms with Crippen LogP contribution in [-0.2, 0) is 0 Å². The second kappa shape index (κ2) is 5.09. The third-order valence-corrected chi connectivity index (χ3v) is 3.54. The number of nitrogens with zero attached hydrogens (tertiary/aromatic N) is 2. The summed E-state index contributed by atoms with van der Waals surface area (Å²) >= 11 is 3.46. The predicted molar refractivity (Wildman–Crippen MR) is 86.1 cm³/mol. The normalized spacial score (nSPS) is 10.7. The first-order valence-corrected chi connectivity index (χ1v) is 6.98. The lowest BCUT2D eigenvalue weighted by Gasteiger charge is -2.11. The molecule has 0 spiro atoms. The van der Waals surface area contributed by atoms with Crippen molar-refractivity contribution in [1.29, 1.82) is 0 Å². The van der Waals surface area contributed by atoms with Gasteiger partial charge >= 0.3 is 0 Å². The first-order valence-electron chi connectivity index (χ1n) is 6.19. The number of aromatic nitrogens is 2. The van der Waals surface area contributed by atoms with E-state index in [1.165, 1.54) is 0 Å². The molecule has 0 fully saturated rings. The van der Waals surface area contributed by atoms with Gasteiger partial charge in [-0.1, -0.05) is 34.1 Å². The first kappa shape index (κ1) is 12.9. The summed E-state index contributed by atoms with van der Waals surface area (Å²) in [5, 5.41) is 3.24. The number of fused-ring (bicyclic) bond motifs is 1. The molecule has 0 amide bonds. The molecule has 5 heteroatoms. The van der Waals surface area contributed by atoms with E-state index in [2.05, 4.69) is 31.2 Å². The summed E-state index contributed by atoms with van der Waals surface area (Å²) in [4.78, 5) is 8.89. The first-order chi connectivity index (χ1) is 9.63. The van der Waals surface area contributed by atoms with Crippen LogP contribution < -0.4 is 11.1 Å². The van der Waals surface area contributed by atoms with Crippen LogP contribution in [0.2, 0.25) is 0 Å². The van der Waals surface area contributed by atoms with Crippen LogP contribution >= 0.6 is 15.9 Å². The van der Waals surface area contributed by atoms with E-state index in [-0.39, 0.29) is 0 Å². The Morgan fingerprint density at radius 3 is 2.50 bits per heavy atom. The van der Waals surface area contributed by atoms with E-state index in [0.717, 1.165) is 26.8 Å². The summed E-state index contributed by atoms with van der Waals surface area (Å²) in [7, 11) is 0. The average molecular weight is 329 g/mol. The SMILES string of the molecule is Cc1ccc(Br)cc1Nc1nc2ccccc2nc1N. The minimum absolute atomic E-state index is 0.392. The van der Waals surface area contributed by atoms with Crippen LogP contribution in [0.3, 0.4) is 0 Å². The molecule has 0 aliphatic heterocycles. The van der Waals surface area contributed by atoms with E-state index in [1.54, 1.807) is 0 Å². The highest BCUT2D eigenvalue weighted by molar-refractivity contribution is 9.10. The standard InChI is InChI=1S/C15H13BrN4/c1-9-6-7-10(16)8-13(9)20-15-14(17)18-11-4-2-3-5-12(11)19-15/h2-8H,1H3,(H2,17,18)(H,19,20). The fourth-order valence-corrected chi connectivity index (χ4v) is 2.32. The van der Waals surface area contributed by atoms with Crippen LogP contribution in [0.25, 0.3) is 11.0 Å². The summed E-state index contributed by atoms with van der Waals surface area (Å²) in [6, 6.07) is 13.7. The van der Waals surface area contributed by atoms with E-state index in [1.807, 2.05) is 49.4 Å². The predicted octanol–water partition coefficient (Wildman–Crippen LogP) is 4.03. The number of para-hydroxylation sites is 2. The Hall–Kier alpha value is -2.14. The minimum Gasteiger partial charge on any atom is -0.381 e. The lowest BCUT2D eigenvalue weighted by Crippen LogP contribution is -2.03. The fourth-order valence-electron chi connectivity index (χ4n) is 1.96. The van der Waals surface area contributed by atoms with Gasteiger partial charge in [-0.25, -0.2) is 9.97 Å². The Labute approximate surface area is 125 Å². The summed E-state index contributed by atoms with van der Waals surface area (Å²) < 4.78 is 0.998. The zero-order chi connectivity index (χ0) is 14.1. The number of anilines is 3. The molecular formula is C15H13BrN4. The van der Waals surface area contributed by atoms with Gasteiger partial charge in [0.1, 0.15) is 0 Å². The molecule has 1 aromatic heterocycles. The molecule has 3 aromatic rings. The molecule has 0 unspecified atom stereocenters. The quantitative estimate of drug-likeness (QED) is 0.745. The Bertz CT molecular complexity index is 786. The highest BCUT2D eigenvalue weighted by atomic mass is 79.9. The molecule has 2 aromatic carbocycles. The van der Waals surface area contributed by atoms with Crippen molar-refractivity contribution in [2.24, 2.45) is 0 Å². The number of nitrogen functional groups attached to an aromatic ring is 1. The van der Waals surface area contributed by atoms with Gasteiger partial charge in [-0.2, -0.15) is 0 Å². The van der Waals surface area contributed by atoms with Gasteiger partial charge in [-0.3, -0.25) is 0 Å². The number of hydrogen-bond acceptors (Lipinski definition) is 4. The summed E-state index contributed by atoms with van der Waals surface area (Å²) in [6.45, 7) is 2.03. The molecule has 4 nitrogen and oxygen atoms in total. The van der Waals surface area contributed by atoms with E-state index in [0.29, 0.717) is 11.6 Å². The van der Waals surface area contributed by atoms with Crippen LogP contribution in [0.5, 0.6) is 0 Å². The van der Waals surface area contributed by atoms with Gasteiger partial charge in [-0.15, -0.1) is 0 Å². The van der Waals surface area contributed by atoms with Crippen molar-refractivity contribution >= 4 is 44.3 Å². The monoisotopic (exact) mass is 328 g/mol. The van der Waals surface area contributed by atoms with Crippen molar-refractivity contribution in [3.05, 3.63) is 52.5 Å². The molecule has 20 heavy (non-hydrogen) atoms. The maximum Gasteiger partial charge on any atom is 0.174 e. The molecule has 3 N–H and O–H groups in total. The molecule has 0 saturated carbocycles. The minimum atomic E-state index is 0.392. The Kier molecular flexibility index (Phi) is 3.28. The van der Waals surface area contributed by atoms with Crippen LogP contribution in [-0.4, -0.2) is 9.97 Å². The molecule has 0 atom stereocenters. The summed E-state index contributed by atoms with van der Waals surface area (Å²) in [6.07, 6.45) is 0. The fraction of sp³-hybridized carbons (Fsp3) is 0.0667. The van der Waals surface area contributed by atoms with Crippen LogP contribution in [0.4, 0.5) is 17.3 Å². The topological polar surface area (TPSA) is 63.8 Å². The summed E-state index contributed by atoms with van der Waals surface area (Å²) in [5.74, 6) is 0.966. The van der Waals surface area contributed by atoms with Gasteiger partial charge in [0, 0.05) is 10.2 Å². The molecule has 1 heterocycles. The van der Waals surface area contributed by atoms with Gasteiger partial charge in [0.2, 0.25) is 0 Å². The van der Waals surface area contributed by atoms with Crippen molar-refractivity contribution < 1.29 is 0 Å². The Balaban J connectivity index is 2.06. The van der Waals surface area contributed by atoms with E-state index in [4.69, 9.17) is 5.73 Å². The van der Waals surface area contributed by atoms with Gasteiger partial charge in [0.15, 0.2) is 11.6 Å². The molecule has 100 valence electrons. The lowest BCUT2D eigenvalue weighted by molar-refractivity contribution is 1.28. The van der Waals surface area contributed by atoms with Crippen molar-refractivity contribution in [2.75, 3.05) is 11.1 Å². The maximum atomic E-state index is 5.97. The second-order valence-corrected chi connectivity index (χ2v) is 5.45. The average Bonchev–Trinajstić information content (AvgIpc) is 2.43. The second-order valence-electron chi connectivity index (χ2n) is 4.53. The van der Waals surface area contributed by atoms with Gasteiger partial charge < -0.3 is 11.1 Å². The summed E-state index contributed by atoms with van der Waals surface area (Å²) in [5.41, 5.74) is 9.65. The number of hydrogen-bond donors (Lipinski definition) is 2. The maximum absolute atomic E-state index is 5.97. The smallest absolute Gasteiger partial charge is 0.174 e. The van der Waals surface area contributed by atoms with Gasteiger partial charge in [0.25, 0.3) is 0 Å². The number of aryl methyl sites for hydroxylation is 1. The van der Waals surface area contributed by atoms with Crippen LogP contribution in [0, 0.1) is 6.92 Å². The molecule has 0 aliphatic carbocycles. The largest absolute Gasteiger partial charge is 0.381 e. The molecule has 0 aliphatic rings. The Morgan fingerprint density at radius 1 is 1.05 bits per heavy atom. The van der Waals surface area contributed by atoms with Crippen LogP contribution in [0.15, 0.2) is 46.9 Å². The molecule has 0 bridgehead atoms. The van der Waals surface area contributed by atoms with E-state index in [9.17, 15) is 0 Å².